The molecule has 4 heteroatoms. The van der Waals surface area contributed by atoms with Gasteiger partial charge in [0.15, 0.2) is 0 Å². The molecule has 0 amide bonds. The Kier molecular flexibility index (Phi) is 7.73. The molecule has 1 aliphatic heterocycles. The monoisotopic (exact) mass is 332 g/mol. The zero-order chi connectivity index (χ0) is 17.3. The highest BCUT2D eigenvalue weighted by molar-refractivity contribution is 6.01. The van der Waals surface area contributed by atoms with E-state index >= 15 is 0 Å². The third-order valence-electron chi connectivity index (χ3n) is 4.40. The number of ether oxygens (including phenoxy) is 2. The van der Waals surface area contributed by atoms with E-state index in [9.17, 15) is 0 Å². The first-order chi connectivity index (χ1) is 11.7. The Morgan fingerprint density at radius 1 is 0.875 bits per heavy atom. The summed E-state index contributed by atoms with van der Waals surface area (Å²) in [6.07, 6.45) is 9.28. The third kappa shape index (κ3) is 4.81. The van der Waals surface area contributed by atoms with Gasteiger partial charge < -0.3 is 15.2 Å². The number of hydrogen-bond donors (Lipinski definition) is 1. The molecule has 0 fully saturated rings. The number of unbranched alkanes of at least 4 members (excludes halogenated alkanes) is 6. The number of aliphatic imine (C=N–C) groups is 1. The van der Waals surface area contributed by atoms with Gasteiger partial charge in [0.1, 0.15) is 5.84 Å². The van der Waals surface area contributed by atoms with E-state index in [0.717, 1.165) is 24.0 Å². The summed E-state index contributed by atoms with van der Waals surface area (Å²) in [5.41, 5.74) is 7.98. The van der Waals surface area contributed by atoms with E-state index in [1.165, 1.54) is 38.5 Å². The molecule has 0 unspecified atom stereocenters. The Labute approximate surface area is 146 Å². The molecular formula is C20H32N2O2. The average Bonchev–Trinajstić information content (AvgIpc) is 2.88. The van der Waals surface area contributed by atoms with Crippen LogP contribution >= 0.6 is 0 Å². The van der Waals surface area contributed by atoms with Crippen LogP contribution in [-0.2, 0) is 15.4 Å². The number of nitrogens with zero attached hydrogens (tertiary/aromatic N) is 1. The second kappa shape index (κ2) is 9.80. The number of fused-ring (bicyclic) bond motifs is 1. The summed E-state index contributed by atoms with van der Waals surface area (Å²) in [4.78, 5) is 4.57. The van der Waals surface area contributed by atoms with Gasteiger partial charge >= 0.3 is 5.91 Å². The minimum absolute atomic E-state index is 0.507. The highest BCUT2D eigenvalue weighted by Crippen LogP contribution is 2.37. The van der Waals surface area contributed by atoms with Crippen LogP contribution in [0.4, 0.5) is 0 Å². The van der Waals surface area contributed by atoms with Crippen molar-refractivity contribution in [1.82, 2.24) is 0 Å². The zero-order valence-corrected chi connectivity index (χ0v) is 15.2. The van der Waals surface area contributed by atoms with Gasteiger partial charge in [0.25, 0.3) is 0 Å². The lowest BCUT2D eigenvalue weighted by Gasteiger charge is -2.27. The maximum Gasteiger partial charge on any atom is 0.300 e. The molecule has 1 aliphatic rings. The molecule has 0 spiro atoms. The SMILES string of the molecule is CCCCCCOC1(OCCCCCC)N=C(N)c2ccccc21. The summed E-state index contributed by atoms with van der Waals surface area (Å²) in [5, 5.41) is 0. The molecule has 1 aromatic carbocycles. The summed E-state index contributed by atoms with van der Waals surface area (Å²) in [6.45, 7) is 5.69. The van der Waals surface area contributed by atoms with E-state index in [1.54, 1.807) is 0 Å². The Hall–Kier alpha value is -1.39. The van der Waals surface area contributed by atoms with Crippen LogP contribution < -0.4 is 5.73 Å². The Balaban J connectivity index is 2.02. The zero-order valence-electron chi connectivity index (χ0n) is 15.2. The van der Waals surface area contributed by atoms with Crippen molar-refractivity contribution < 1.29 is 9.47 Å². The molecule has 0 bridgehead atoms. The number of rotatable bonds is 12. The molecule has 4 nitrogen and oxygen atoms in total. The van der Waals surface area contributed by atoms with Crippen molar-refractivity contribution in [2.75, 3.05) is 13.2 Å². The second-order valence-corrected chi connectivity index (χ2v) is 6.44. The van der Waals surface area contributed by atoms with Gasteiger partial charge in [0, 0.05) is 11.1 Å². The topological polar surface area (TPSA) is 56.8 Å². The van der Waals surface area contributed by atoms with Crippen molar-refractivity contribution in [3.05, 3.63) is 35.4 Å². The minimum Gasteiger partial charge on any atom is -0.383 e. The molecule has 0 saturated heterocycles. The smallest absolute Gasteiger partial charge is 0.300 e. The molecule has 0 aliphatic carbocycles. The van der Waals surface area contributed by atoms with Gasteiger partial charge in [-0.1, -0.05) is 76.6 Å². The predicted octanol–water partition coefficient (Wildman–Crippen LogP) is 4.71. The largest absolute Gasteiger partial charge is 0.383 e. The molecule has 1 heterocycles. The molecule has 2 rings (SSSR count). The Morgan fingerprint density at radius 2 is 1.46 bits per heavy atom. The van der Waals surface area contributed by atoms with Crippen LogP contribution in [0.3, 0.4) is 0 Å². The molecule has 0 atom stereocenters. The first-order valence-electron chi connectivity index (χ1n) is 9.46. The van der Waals surface area contributed by atoms with Gasteiger partial charge in [-0.3, -0.25) is 0 Å². The van der Waals surface area contributed by atoms with Gasteiger partial charge in [-0.2, -0.15) is 0 Å². The average molecular weight is 332 g/mol. The van der Waals surface area contributed by atoms with Crippen molar-refractivity contribution in [2.45, 2.75) is 71.1 Å². The minimum atomic E-state index is -1.04. The van der Waals surface area contributed by atoms with Crippen molar-refractivity contribution in [1.29, 1.82) is 0 Å². The maximum atomic E-state index is 6.15. The van der Waals surface area contributed by atoms with E-state index < -0.39 is 5.91 Å². The van der Waals surface area contributed by atoms with Crippen molar-refractivity contribution in [3.63, 3.8) is 0 Å². The predicted molar refractivity (Wildman–Crippen MR) is 99.0 cm³/mol. The van der Waals surface area contributed by atoms with Crippen LogP contribution in [0.2, 0.25) is 0 Å². The van der Waals surface area contributed by atoms with E-state index in [-0.39, 0.29) is 0 Å². The molecular weight excluding hydrogens is 300 g/mol. The van der Waals surface area contributed by atoms with Gasteiger partial charge in [-0.15, -0.1) is 0 Å². The fourth-order valence-corrected chi connectivity index (χ4v) is 3.00. The Morgan fingerprint density at radius 3 is 2.04 bits per heavy atom. The second-order valence-electron chi connectivity index (χ2n) is 6.44. The van der Waals surface area contributed by atoms with Gasteiger partial charge in [-0.25, -0.2) is 4.99 Å². The van der Waals surface area contributed by atoms with Crippen LogP contribution in [0.25, 0.3) is 0 Å². The lowest BCUT2D eigenvalue weighted by molar-refractivity contribution is -0.240. The summed E-state index contributed by atoms with van der Waals surface area (Å²) >= 11 is 0. The van der Waals surface area contributed by atoms with Crippen LogP contribution in [0.5, 0.6) is 0 Å². The highest BCUT2D eigenvalue weighted by Gasteiger charge is 2.41. The van der Waals surface area contributed by atoms with Crippen LogP contribution in [0.1, 0.15) is 76.3 Å². The van der Waals surface area contributed by atoms with E-state index in [1.807, 2.05) is 24.3 Å². The van der Waals surface area contributed by atoms with Crippen LogP contribution in [0, 0.1) is 0 Å². The quantitative estimate of drug-likeness (QED) is 0.445. The van der Waals surface area contributed by atoms with E-state index in [0.29, 0.717) is 19.0 Å². The molecule has 24 heavy (non-hydrogen) atoms. The first kappa shape index (κ1) is 18.9. The lowest BCUT2D eigenvalue weighted by atomic mass is 10.1. The van der Waals surface area contributed by atoms with Gasteiger partial charge in [0.05, 0.1) is 13.2 Å². The normalized spacial score (nSPS) is 15.3. The molecule has 0 radical (unpaired) electrons. The highest BCUT2D eigenvalue weighted by atomic mass is 16.7. The van der Waals surface area contributed by atoms with Crippen molar-refractivity contribution >= 4 is 5.84 Å². The standard InChI is InChI=1S/C20H32N2O2/c1-3-5-7-11-15-23-20(24-16-12-8-6-4-2)18-14-10-9-13-17(18)19(21)22-20/h9-10,13-14H,3-8,11-12,15-16H2,1-2H3,(H2,21,22). The van der Waals surface area contributed by atoms with Crippen LogP contribution in [0.15, 0.2) is 29.3 Å². The van der Waals surface area contributed by atoms with Crippen LogP contribution in [-0.4, -0.2) is 19.0 Å². The van der Waals surface area contributed by atoms with Crippen molar-refractivity contribution in [3.8, 4) is 0 Å². The summed E-state index contributed by atoms with van der Waals surface area (Å²) in [6, 6.07) is 7.95. The molecule has 1 aromatic rings. The van der Waals surface area contributed by atoms with Gasteiger partial charge in [0.2, 0.25) is 0 Å². The molecule has 0 aromatic heterocycles. The fraction of sp³-hybridized carbons (Fsp3) is 0.650. The van der Waals surface area contributed by atoms with E-state index in [2.05, 4.69) is 18.8 Å². The lowest BCUT2D eigenvalue weighted by Crippen LogP contribution is -2.30. The molecule has 2 N–H and O–H groups in total. The Bertz CT molecular complexity index is 514. The first-order valence-corrected chi connectivity index (χ1v) is 9.46. The molecule has 0 saturated carbocycles. The summed E-state index contributed by atoms with van der Waals surface area (Å²) in [5.74, 6) is -0.535. The van der Waals surface area contributed by atoms with E-state index in [4.69, 9.17) is 15.2 Å². The maximum absolute atomic E-state index is 6.15. The van der Waals surface area contributed by atoms with Crippen molar-refractivity contribution in [2.24, 2.45) is 10.7 Å². The van der Waals surface area contributed by atoms with Gasteiger partial charge in [-0.05, 0) is 12.8 Å². The summed E-state index contributed by atoms with van der Waals surface area (Å²) in [7, 11) is 0. The molecule has 134 valence electrons. The third-order valence-corrected chi connectivity index (χ3v) is 4.40. The number of nitrogens with two attached hydrogens (primary N) is 1. The summed E-state index contributed by atoms with van der Waals surface area (Å²) < 4.78 is 12.3. The number of amidine groups is 1. The fourth-order valence-electron chi connectivity index (χ4n) is 3.00. The number of benzene rings is 1. The number of hydrogen-bond acceptors (Lipinski definition) is 4.